The zero-order chi connectivity index (χ0) is 19.2. The number of benzene rings is 1. The van der Waals surface area contributed by atoms with Gasteiger partial charge in [-0.05, 0) is 25.3 Å². The van der Waals surface area contributed by atoms with Crippen LogP contribution in [0.1, 0.15) is 31.2 Å². The number of aliphatic imine (C=N–C) groups is 1. The zero-order valence-electron chi connectivity index (χ0n) is 17.2. The van der Waals surface area contributed by atoms with Crippen LogP contribution in [0.2, 0.25) is 0 Å². The highest BCUT2D eigenvalue weighted by Gasteiger charge is 2.42. The summed E-state index contributed by atoms with van der Waals surface area (Å²) in [4.78, 5) is 11.9. The van der Waals surface area contributed by atoms with Gasteiger partial charge in [-0.25, -0.2) is 4.98 Å². The van der Waals surface area contributed by atoms with Gasteiger partial charge in [-0.2, -0.15) is 0 Å². The molecule has 0 radical (unpaired) electrons. The van der Waals surface area contributed by atoms with E-state index in [4.69, 9.17) is 9.73 Å². The Kier molecular flexibility index (Phi) is 7.94. The molecule has 1 spiro atoms. The number of guanidine groups is 1. The molecule has 2 aliphatic heterocycles. The number of imidazole rings is 1. The quantitative estimate of drug-likeness (QED) is 0.370. The van der Waals surface area contributed by atoms with Crippen molar-refractivity contribution in [2.24, 2.45) is 10.4 Å². The lowest BCUT2D eigenvalue weighted by atomic mass is 9.87. The van der Waals surface area contributed by atoms with Gasteiger partial charge in [0.15, 0.2) is 5.96 Å². The lowest BCUT2D eigenvalue weighted by Gasteiger charge is -2.25. The highest BCUT2D eigenvalue weighted by Crippen LogP contribution is 2.38. The van der Waals surface area contributed by atoms with Crippen LogP contribution in [-0.2, 0) is 17.7 Å². The summed E-state index contributed by atoms with van der Waals surface area (Å²) in [5, 5.41) is 3.47. The predicted molar refractivity (Wildman–Crippen MR) is 127 cm³/mol. The molecular formula is C22H32IN5O. The number of aromatic nitrogens is 2. The van der Waals surface area contributed by atoms with E-state index >= 15 is 0 Å². The second kappa shape index (κ2) is 10.4. The second-order valence-electron chi connectivity index (χ2n) is 7.92. The number of hydrogen-bond acceptors (Lipinski definition) is 3. The van der Waals surface area contributed by atoms with E-state index in [9.17, 15) is 0 Å². The van der Waals surface area contributed by atoms with Crippen molar-refractivity contribution in [3.8, 4) is 0 Å². The van der Waals surface area contributed by atoms with Gasteiger partial charge in [-0.1, -0.05) is 30.3 Å². The summed E-state index contributed by atoms with van der Waals surface area (Å²) in [6.07, 6.45) is 7.18. The number of likely N-dealkylation sites (tertiary alicyclic amines) is 1. The van der Waals surface area contributed by atoms with Gasteiger partial charge in [-0.15, -0.1) is 24.0 Å². The number of rotatable bonds is 6. The monoisotopic (exact) mass is 509 g/mol. The van der Waals surface area contributed by atoms with Crippen LogP contribution < -0.4 is 5.32 Å². The van der Waals surface area contributed by atoms with E-state index in [0.717, 1.165) is 64.1 Å². The summed E-state index contributed by atoms with van der Waals surface area (Å²) in [5.41, 5.74) is 1.64. The van der Waals surface area contributed by atoms with Crippen LogP contribution in [0.4, 0.5) is 0 Å². The average molecular weight is 509 g/mol. The minimum Gasteiger partial charge on any atom is -0.381 e. The summed E-state index contributed by atoms with van der Waals surface area (Å²) in [6.45, 7) is 8.56. The maximum absolute atomic E-state index is 5.66. The fraction of sp³-hybridized carbons (Fsp3) is 0.545. The lowest BCUT2D eigenvalue weighted by Crippen LogP contribution is -2.41. The van der Waals surface area contributed by atoms with Crippen LogP contribution in [0.15, 0.2) is 47.7 Å². The summed E-state index contributed by atoms with van der Waals surface area (Å²) >= 11 is 0. The Morgan fingerprint density at radius 1 is 1.28 bits per heavy atom. The maximum Gasteiger partial charge on any atom is 0.193 e. The topological polar surface area (TPSA) is 54.7 Å². The molecule has 4 rings (SSSR count). The first-order valence-electron chi connectivity index (χ1n) is 10.4. The van der Waals surface area contributed by atoms with E-state index in [1.54, 1.807) is 0 Å². The van der Waals surface area contributed by atoms with Crippen molar-refractivity contribution in [1.82, 2.24) is 19.8 Å². The highest BCUT2D eigenvalue weighted by atomic mass is 127. The average Bonchev–Trinajstić information content (AvgIpc) is 3.45. The third kappa shape index (κ3) is 5.51. The molecule has 1 aromatic heterocycles. The van der Waals surface area contributed by atoms with Gasteiger partial charge >= 0.3 is 0 Å². The minimum absolute atomic E-state index is 0. The molecule has 0 saturated carbocycles. The number of nitrogens with zero attached hydrogens (tertiary/aromatic N) is 4. The Morgan fingerprint density at radius 2 is 2.14 bits per heavy atom. The summed E-state index contributed by atoms with van der Waals surface area (Å²) in [6, 6.07) is 10.5. The maximum atomic E-state index is 5.66. The van der Waals surface area contributed by atoms with Crippen molar-refractivity contribution in [2.45, 2.75) is 32.7 Å². The van der Waals surface area contributed by atoms with Crippen molar-refractivity contribution >= 4 is 29.9 Å². The molecule has 2 saturated heterocycles. The lowest BCUT2D eigenvalue weighted by molar-refractivity contribution is 0.156. The molecule has 29 heavy (non-hydrogen) atoms. The molecule has 0 bridgehead atoms. The summed E-state index contributed by atoms with van der Waals surface area (Å²) in [5.74, 6) is 2.12. The molecule has 2 aliphatic rings. The Hall–Kier alpha value is -1.61. The molecular weight excluding hydrogens is 477 g/mol. The molecule has 2 aromatic rings. The summed E-state index contributed by atoms with van der Waals surface area (Å²) < 4.78 is 7.89. The van der Waals surface area contributed by atoms with Crippen molar-refractivity contribution in [3.05, 3.63) is 54.1 Å². The molecule has 7 heteroatoms. The Labute approximate surface area is 190 Å². The van der Waals surface area contributed by atoms with E-state index in [2.05, 4.69) is 63.2 Å². The molecule has 1 unspecified atom stereocenters. The van der Waals surface area contributed by atoms with Crippen LogP contribution in [0.3, 0.4) is 0 Å². The first kappa shape index (κ1) is 22.1. The van der Waals surface area contributed by atoms with Crippen LogP contribution >= 0.6 is 24.0 Å². The number of halogens is 1. The van der Waals surface area contributed by atoms with Gasteiger partial charge < -0.3 is 19.5 Å². The van der Waals surface area contributed by atoms with Crippen molar-refractivity contribution < 1.29 is 4.74 Å². The van der Waals surface area contributed by atoms with E-state index in [1.165, 1.54) is 18.4 Å². The van der Waals surface area contributed by atoms with Crippen LogP contribution in [0.5, 0.6) is 0 Å². The van der Waals surface area contributed by atoms with E-state index < -0.39 is 0 Å². The van der Waals surface area contributed by atoms with Gasteiger partial charge in [0.25, 0.3) is 0 Å². The van der Waals surface area contributed by atoms with Gasteiger partial charge in [0.05, 0.1) is 6.61 Å². The van der Waals surface area contributed by atoms with Crippen molar-refractivity contribution in [1.29, 1.82) is 0 Å². The van der Waals surface area contributed by atoms with Crippen LogP contribution in [-0.4, -0.2) is 59.8 Å². The number of hydrogen-bond donors (Lipinski definition) is 1. The molecule has 2 fully saturated rings. The van der Waals surface area contributed by atoms with Crippen LogP contribution in [0, 0.1) is 5.41 Å². The predicted octanol–water partition coefficient (Wildman–Crippen LogP) is 3.17. The third-order valence-corrected chi connectivity index (χ3v) is 5.85. The first-order chi connectivity index (χ1) is 13.8. The Balaban J connectivity index is 0.00000240. The number of nitrogens with one attached hydrogen (secondary N) is 1. The Morgan fingerprint density at radius 3 is 2.90 bits per heavy atom. The fourth-order valence-corrected chi connectivity index (χ4v) is 4.27. The molecule has 3 heterocycles. The van der Waals surface area contributed by atoms with Gasteiger partial charge in [0.2, 0.25) is 0 Å². The summed E-state index contributed by atoms with van der Waals surface area (Å²) in [7, 11) is 0. The van der Waals surface area contributed by atoms with Crippen molar-refractivity contribution in [2.75, 3.05) is 39.4 Å². The molecule has 0 amide bonds. The fourth-order valence-electron chi connectivity index (χ4n) is 4.27. The molecule has 158 valence electrons. The van der Waals surface area contributed by atoms with Gasteiger partial charge in [0, 0.05) is 63.6 Å². The molecule has 0 aliphatic carbocycles. The largest absolute Gasteiger partial charge is 0.381 e. The third-order valence-electron chi connectivity index (χ3n) is 5.85. The van der Waals surface area contributed by atoms with Gasteiger partial charge in [-0.3, -0.25) is 4.99 Å². The van der Waals surface area contributed by atoms with E-state index in [0.29, 0.717) is 5.41 Å². The zero-order valence-corrected chi connectivity index (χ0v) is 19.5. The molecule has 1 aromatic carbocycles. The van der Waals surface area contributed by atoms with E-state index in [1.807, 2.05) is 6.20 Å². The Bertz CT molecular complexity index is 786. The van der Waals surface area contributed by atoms with Crippen LogP contribution in [0.25, 0.3) is 0 Å². The molecule has 1 atom stereocenters. The molecule has 1 N–H and O–H groups in total. The van der Waals surface area contributed by atoms with Crippen molar-refractivity contribution in [3.63, 3.8) is 0 Å². The second-order valence-corrected chi connectivity index (χ2v) is 7.92. The molecule has 6 nitrogen and oxygen atoms in total. The number of ether oxygens (including phenoxy) is 1. The smallest absolute Gasteiger partial charge is 0.193 e. The first-order valence-corrected chi connectivity index (χ1v) is 10.4. The van der Waals surface area contributed by atoms with E-state index in [-0.39, 0.29) is 24.0 Å². The normalized spacial score (nSPS) is 21.6. The minimum atomic E-state index is 0. The highest BCUT2D eigenvalue weighted by molar-refractivity contribution is 14.0. The SMILES string of the molecule is CCNC(=NCCc1nccn1Cc1ccccc1)N1CCC2(CCOC2)C1.I. The van der Waals surface area contributed by atoms with Gasteiger partial charge in [0.1, 0.15) is 5.82 Å². The standard InChI is InChI=1S/C22H31N5O.HI/c1-2-23-21(27-13-9-22(17-27)10-15-28-18-22)25-11-8-20-24-12-14-26(20)16-19-6-4-3-5-7-19;/h3-7,12,14H,2,8-11,13,15-18H2,1H3,(H,23,25);1H.